The highest BCUT2D eigenvalue weighted by molar-refractivity contribution is 5.84. The van der Waals surface area contributed by atoms with E-state index in [1.165, 1.54) is 7.11 Å². The number of carbonyl (C=O) groups excluding carboxylic acids is 1. The van der Waals surface area contributed by atoms with Gasteiger partial charge in [0.15, 0.2) is 11.7 Å². The summed E-state index contributed by atoms with van der Waals surface area (Å²) in [6.45, 7) is 1.31. The van der Waals surface area contributed by atoms with Crippen LogP contribution in [0.4, 0.5) is 5.82 Å². The highest BCUT2D eigenvalue weighted by atomic mass is 16.5. The summed E-state index contributed by atoms with van der Waals surface area (Å²) in [4.78, 5) is 20.9. The maximum atomic E-state index is 11.9. The van der Waals surface area contributed by atoms with Crippen molar-refractivity contribution in [1.29, 1.82) is 5.26 Å². The van der Waals surface area contributed by atoms with E-state index in [1.807, 2.05) is 24.3 Å². The zero-order valence-corrected chi connectivity index (χ0v) is 13.4. The van der Waals surface area contributed by atoms with Crippen LogP contribution in [0.5, 0.6) is 0 Å². The average Bonchev–Trinajstić information content (AvgIpc) is 3.13. The molecule has 7 nitrogen and oxygen atoms in total. The van der Waals surface area contributed by atoms with Crippen molar-refractivity contribution in [1.82, 2.24) is 9.97 Å². The van der Waals surface area contributed by atoms with E-state index in [1.54, 1.807) is 6.07 Å². The van der Waals surface area contributed by atoms with Gasteiger partial charge < -0.3 is 14.8 Å². The van der Waals surface area contributed by atoms with Gasteiger partial charge in [-0.05, 0) is 25.0 Å². The summed E-state index contributed by atoms with van der Waals surface area (Å²) in [6.07, 6.45) is 2.11. The van der Waals surface area contributed by atoms with Gasteiger partial charge in [0.1, 0.15) is 5.69 Å². The number of esters is 1. The Balaban J connectivity index is 1.98. The Labute approximate surface area is 139 Å². The quantitative estimate of drug-likeness (QED) is 0.839. The SMILES string of the molecule is COC(=O)C(C#N)c1nc2ccccc2nc1NCC1CCCO1. The van der Waals surface area contributed by atoms with E-state index in [4.69, 9.17) is 9.47 Å². The molecule has 3 rings (SSSR count). The van der Waals surface area contributed by atoms with E-state index in [0.29, 0.717) is 23.4 Å². The summed E-state index contributed by atoms with van der Waals surface area (Å²) < 4.78 is 10.3. The maximum absolute atomic E-state index is 11.9. The molecule has 1 fully saturated rings. The molecule has 2 unspecified atom stereocenters. The zero-order valence-electron chi connectivity index (χ0n) is 13.4. The summed E-state index contributed by atoms with van der Waals surface area (Å²) in [5.74, 6) is -1.36. The molecule has 1 aliphatic heterocycles. The van der Waals surface area contributed by atoms with Crippen molar-refractivity contribution < 1.29 is 14.3 Å². The van der Waals surface area contributed by atoms with Crippen LogP contribution < -0.4 is 5.32 Å². The van der Waals surface area contributed by atoms with Crippen molar-refractivity contribution >= 4 is 22.8 Å². The van der Waals surface area contributed by atoms with Gasteiger partial charge in [-0.15, -0.1) is 0 Å². The summed E-state index contributed by atoms with van der Waals surface area (Å²) >= 11 is 0. The Hall–Kier alpha value is -2.72. The largest absolute Gasteiger partial charge is 0.468 e. The molecule has 2 heterocycles. The third-order valence-electron chi connectivity index (χ3n) is 3.96. The van der Waals surface area contributed by atoms with Crippen LogP contribution in [-0.2, 0) is 14.3 Å². The monoisotopic (exact) mass is 326 g/mol. The van der Waals surface area contributed by atoms with Gasteiger partial charge in [0, 0.05) is 13.2 Å². The van der Waals surface area contributed by atoms with Gasteiger partial charge in [0.25, 0.3) is 0 Å². The van der Waals surface area contributed by atoms with Crippen LogP contribution in [0.25, 0.3) is 11.0 Å². The topological polar surface area (TPSA) is 97.1 Å². The number of rotatable bonds is 5. The number of carbonyl (C=O) groups is 1. The van der Waals surface area contributed by atoms with Gasteiger partial charge in [0.2, 0.25) is 0 Å². The lowest BCUT2D eigenvalue weighted by molar-refractivity contribution is -0.141. The number of aromatic nitrogens is 2. The predicted octanol–water partition coefficient (Wildman–Crippen LogP) is 2.00. The fourth-order valence-electron chi connectivity index (χ4n) is 2.70. The van der Waals surface area contributed by atoms with Gasteiger partial charge in [-0.2, -0.15) is 5.26 Å². The molecule has 0 saturated carbocycles. The smallest absolute Gasteiger partial charge is 0.329 e. The van der Waals surface area contributed by atoms with Gasteiger partial charge in [-0.25, -0.2) is 9.97 Å². The molecule has 0 spiro atoms. The molecular weight excluding hydrogens is 308 g/mol. The Morgan fingerprint density at radius 2 is 2.21 bits per heavy atom. The number of hydrogen-bond acceptors (Lipinski definition) is 7. The van der Waals surface area contributed by atoms with Crippen molar-refractivity contribution in [2.45, 2.75) is 24.9 Å². The van der Waals surface area contributed by atoms with Crippen LogP contribution in [0.2, 0.25) is 0 Å². The first kappa shape index (κ1) is 16.1. The van der Waals surface area contributed by atoms with E-state index in [0.717, 1.165) is 19.4 Å². The number of methoxy groups -OCH3 is 1. The normalized spacial score (nSPS) is 18.1. The molecule has 2 aromatic rings. The number of nitrogens with zero attached hydrogens (tertiary/aromatic N) is 3. The van der Waals surface area contributed by atoms with Crippen molar-refractivity contribution in [2.75, 3.05) is 25.6 Å². The molecule has 24 heavy (non-hydrogen) atoms. The fourth-order valence-corrected chi connectivity index (χ4v) is 2.70. The standard InChI is InChI=1S/C17H18N4O3/c1-23-17(22)12(9-18)15-16(19-10-11-5-4-8-24-11)21-14-7-3-2-6-13(14)20-15/h2-3,6-7,11-12H,4-5,8,10H2,1H3,(H,19,21). The fraction of sp³-hybridized carbons (Fsp3) is 0.412. The van der Waals surface area contributed by atoms with Crippen LogP contribution in [-0.4, -0.2) is 42.3 Å². The molecule has 0 radical (unpaired) electrons. The number of ether oxygens (including phenoxy) is 2. The molecular formula is C17H18N4O3. The molecule has 0 amide bonds. The molecule has 1 aromatic carbocycles. The van der Waals surface area contributed by atoms with Crippen LogP contribution in [0, 0.1) is 11.3 Å². The first-order valence-corrected chi connectivity index (χ1v) is 7.82. The molecule has 1 aliphatic rings. The van der Waals surface area contributed by atoms with E-state index in [-0.39, 0.29) is 11.8 Å². The Morgan fingerprint density at radius 1 is 1.46 bits per heavy atom. The van der Waals surface area contributed by atoms with Gasteiger partial charge in [0.05, 0.1) is 30.3 Å². The summed E-state index contributed by atoms with van der Waals surface area (Å²) in [7, 11) is 1.25. The lowest BCUT2D eigenvalue weighted by atomic mass is 10.1. The second kappa shape index (κ2) is 7.23. The number of benzene rings is 1. The Morgan fingerprint density at radius 3 is 2.83 bits per heavy atom. The van der Waals surface area contributed by atoms with Gasteiger partial charge in [-0.3, -0.25) is 4.79 Å². The Bertz CT molecular complexity index is 781. The van der Waals surface area contributed by atoms with Crippen molar-refractivity contribution in [2.24, 2.45) is 0 Å². The minimum Gasteiger partial charge on any atom is -0.468 e. The van der Waals surface area contributed by atoms with Crippen molar-refractivity contribution in [3.8, 4) is 6.07 Å². The van der Waals surface area contributed by atoms with Crippen LogP contribution >= 0.6 is 0 Å². The first-order valence-electron chi connectivity index (χ1n) is 7.82. The van der Waals surface area contributed by atoms with E-state index >= 15 is 0 Å². The molecule has 1 aromatic heterocycles. The summed E-state index contributed by atoms with van der Waals surface area (Å²) in [5.41, 5.74) is 1.60. The summed E-state index contributed by atoms with van der Waals surface area (Å²) in [5, 5.41) is 12.6. The first-order chi connectivity index (χ1) is 11.7. The van der Waals surface area contributed by atoms with Gasteiger partial charge >= 0.3 is 5.97 Å². The van der Waals surface area contributed by atoms with E-state index < -0.39 is 11.9 Å². The maximum Gasteiger partial charge on any atom is 0.329 e. The van der Waals surface area contributed by atoms with Crippen LogP contribution in [0.15, 0.2) is 24.3 Å². The molecule has 1 N–H and O–H groups in total. The lowest BCUT2D eigenvalue weighted by Crippen LogP contribution is -2.22. The molecule has 2 atom stereocenters. The Kier molecular flexibility index (Phi) is 4.87. The van der Waals surface area contributed by atoms with Gasteiger partial charge in [-0.1, -0.05) is 12.1 Å². The average molecular weight is 326 g/mol. The van der Waals surface area contributed by atoms with E-state index in [2.05, 4.69) is 15.3 Å². The molecule has 124 valence electrons. The number of fused-ring (bicyclic) bond motifs is 1. The van der Waals surface area contributed by atoms with Crippen molar-refractivity contribution in [3.63, 3.8) is 0 Å². The van der Waals surface area contributed by atoms with Crippen LogP contribution in [0.1, 0.15) is 24.5 Å². The van der Waals surface area contributed by atoms with Crippen molar-refractivity contribution in [3.05, 3.63) is 30.0 Å². The predicted molar refractivity (Wildman–Crippen MR) is 87.4 cm³/mol. The second-order valence-corrected chi connectivity index (χ2v) is 5.55. The minimum absolute atomic E-state index is 0.102. The highest BCUT2D eigenvalue weighted by Crippen LogP contribution is 2.25. The van der Waals surface area contributed by atoms with E-state index in [9.17, 15) is 10.1 Å². The third-order valence-corrected chi connectivity index (χ3v) is 3.96. The third kappa shape index (κ3) is 3.29. The van der Waals surface area contributed by atoms with Crippen LogP contribution in [0.3, 0.4) is 0 Å². The number of para-hydroxylation sites is 2. The number of nitriles is 1. The zero-order chi connectivity index (χ0) is 16.9. The number of anilines is 1. The highest BCUT2D eigenvalue weighted by Gasteiger charge is 2.27. The lowest BCUT2D eigenvalue weighted by Gasteiger charge is -2.16. The molecule has 7 heteroatoms. The number of nitrogens with one attached hydrogen (secondary N) is 1. The number of hydrogen-bond donors (Lipinski definition) is 1. The molecule has 1 saturated heterocycles. The minimum atomic E-state index is -1.13. The molecule has 0 bridgehead atoms. The second-order valence-electron chi connectivity index (χ2n) is 5.55. The summed E-state index contributed by atoms with van der Waals surface area (Å²) in [6, 6.07) is 9.28. The molecule has 0 aliphatic carbocycles.